The first-order chi connectivity index (χ1) is 9.81. The Morgan fingerprint density at radius 1 is 1.30 bits per heavy atom. The first kappa shape index (κ1) is 15.9. The van der Waals surface area contributed by atoms with Crippen LogP contribution in [0.5, 0.6) is 0 Å². The van der Waals surface area contributed by atoms with Crippen molar-refractivity contribution in [3.8, 4) is 0 Å². The summed E-state index contributed by atoms with van der Waals surface area (Å²) in [5.74, 6) is 0. The molecule has 1 aromatic rings. The molecule has 2 rings (SSSR count). The van der Waals surface area contributed by atoms with E-state index in [-0.39, 0.29) is 0 Å². The van der Waals surface area contributed by atoms with E-state index in [0.717, 1.165) is 6.54 Å². The Balaban J connectivity index is 1.90. The predicted molar refractivity (Wildman–Crippen MR) is 89.4 cm³/mol. The first-order valence-corrected chi connectivity index (χ1v) is 9.13. The maximum atomic E-state index is 3.62. The average molecular weight is 292 g/mol. The van der Waals surface area contributed by atoms with Gasteiger partial charge >= 0.3 is 0 Å². The third-order valence-electron chi connectivity index (χ3n) is 4.03. The van der Waals surface area contributed by atoms with E-state index >= 15 is 0 Å². The van der Waals surface area contributed by atoms with Crippen LogP contribution in [0.1, 0.15) is 38.2 Å². The normalized spacial score (nSPS) is 18.9. The highest BCUT2D eigenvalue weighted by atomic mass is 32.2. The van der Waals surface area contributed by atoms with Gasteiger partial charge in [0.25, 0.3) is 0 Å². The molecule has 0 bridgehead atoms. The highest BCUT2D eigenvalue weighted by Crippen LogP contribution is 2.17. The van der Waals surface area contributed by atoms with Gasteiger partial charge in [0.05, 0.1) is 0 Å². The topological polar surface area (TPSA) is 15.3 Å². The molecule has 1 unspecified atom stereocenters. The summed E-state index contributed by atoms with van der Waals surface area (Å²) >= 11 is 1.81. The van der Waals surface area contributed by atoms with E-state index in [1.165, 1.54) is 55.8 Å². The Labute approximate surface area is 128 Å². The molecule has 112 valence electrons. The van der Waals surface area contributed by atoms with Crippen molar-refractivity contribution in [1.82, 2.24) is 10.2 Å². The summed E-state index contributed by atoms with van der Waals surface area (Å²) in [5.41, 5.74) is 1.44. The largest absolute Gasteiger partial charge is 0.313 e. The van der Waals surface area contributed by atoms with Gasteiger partial charge in [-0.15, -0.1) is 11.8 Å². The van der Waals surface area contributed by atoms with Gasteiger partial charge in [-0.3, -0.25) is 4.90 Å². The lowest BCUT2D eigenvalue weighted by molar-refractivity contribution is 0.237. The quantitative estimate of drug-likeness (QED) is 0.734. The van der Waals surface area contributed by atoms with E-state index in [0.29, 0.717) is 6.04 Å². The second-order valence-electron chi connectivity index (χ2n) is 5.73. The number of nitrogens with one attached hydrogen (secondary N) is 1. The van der Waals surface area contributed by atoms with E-state index in [9.17, 15) is 0 Å². The van der Waals surface area contributed by atoms with Crippen LogP contribution in [0.2, 0.25) is 0 Å². The lowest BCUT2D eigenvalue weighted by atomic mass is 10.1. The monoisotopic (exact) mass is 292 g/mol. The molecule has 0 radical (unpaired) electrons. The van der Waals surface area contributed by atoms with Crippen LogP contribution >= 0.6 is 11.8 Å². The van der Waals surface area contributed by atoms with Gasteiger partial charge in [-0.25, -0.2) is 0 Å². The number of thioether (sulfide) groups is 1. The van der Waals surface area contributed by atoms with Crippen LogP contribution in [0.4, 0.5) is 0 Å². The molecular weight excluding hydrogens is 264 g/mol. The summed E-state index contributed by atoms with van der Waals surface area (Å²) < 4.78 is 0. The summed E-state index contributed by atoms with van der Waals surface area (Å²) in [6.45, 7) is 6.99. The summed E-state index contributed by atoms with van der Waals surface area (Å²) in [6.07, 6.45) is 7.40. The third kappa shape index (κ3) is 5.12. The van der Waals surface area contributed by atoms with Crippen LogP contribution in [-0.4, -0.2) is 36.8 Å². The van der Waals surface area contributed by atoms with Gasteiger partial charge in [0, 0.05) is 24.0 Å². The van der Waals surface area contributed by atoms with Crippen molar-refractivity contribution in [1.29, 1.82) is 0 Å². The maximum Gasteiger partial charge on any atom is 0.0234 e. The molecule has 3 heteroatoms. The third-order valence-corrected chi connectivity index (χ3v) is 4.78. The number of benzene rings is 1. The van der Waals surface area contributed by atoms with Gasteiger partial charge in [0.1, 0.15) is 0 Å². The number of hydrogen-bond donors (Lipinski definition) is 1. The van der Waals surface area contributed by atoms with E-state index in [1.54, 1.807) is 0 Å². The van der Waals surface area contributed by atoms with Crippen molar-refractivity contribution in [3.05, 3.63) is 29.8 Å². The van der Waals surface area contributed by atoms with Crippen LogP contribution in [-0.2, 0) is 6.54 Å². The molecule has 0 aromatic heterocycles. The molecule has 0 aliphatic carbocycles. The summed E-state index contributed by atoms with van der Waals surface area (Å²) in [6, 6.07) is 9.76. The molecule has 0 saturated carbocycles. The van der Waals surface area contributed by atoms with Gasteiger partial charge < -0.3 is 5.32 Å². The Kier molecular flexibility index (Phi) is 6.91. The Morgan fingerprint density at radius 2 is 2.10 bits per heavy atom. The summed E-state index contributed by atoms with van der Waals surface area (Å²) in [4.78, 5) is 3.98. The van der Waals surface area contributed by atoms with E-state index in [2.05, 4.69) is 47.7 Å². The summed E-state index contributed by atoms with van der Waals surface area (Å²) in [5, 5.41) is 3.62. The van der Waals surface area contributed by atoms with Gasteiger partial charge in [0.2, 0.25) is 0 Å². The average Bonchev–Trinajstić information content (AvgIpc) is 2.98. The second-order valence-corrected chi connectivity index (χ2v) is 6.61. The molecule has 1 aliphatic heterocycles. The zero-order chi connectivity index (χ0) is 14.2. The zero-order valence-electron chi connectivity index (χ0n) is 12.9. The van der Waals surface area contributed by atoms with Crippen molar-refractivity contribution < 1.29 is 0 Å². The SMILES string of the molecule is CCCCN(Cc1ccc(SC)cc1)CC1CCCN1. The lowest BCUT2D eigenvalue weighted by Gasteiger charge is -2.25. The zero-order valence-corrected chi connectivity index (χ0v) is 13.7. The molecule has 1 heterocycles. The maximum absolute atomic E-state index is 3.62. The molecule has 0 amide bonds. The fraction of sp³-hybridized carbons (Fsp3) is 0.647. The van der Waals surface area contributed by atoms with Crippen LogP contribution < -0.4 is 5.32 Å². The molecule has 2 nitrogen and oxygen atoms in total. The van der Waals surface area contributed by atoms with Crippen LogP contribution in [0.15, 0.2) is 29.2 Å². The molecule has 1 fully saturated rings. The molecule has 1 saturated heterocycles. The molecular formula is C17H28N2S. The minimum absolute atomic E-state index is 0.706. The van der Waals surface area contributed by atoms with E-state index in [4.69, 9.17) is 0 Å². The second kappa shape index (κ2) is 8.71. The number of nitrogens with zero attached hydrogens (tertiary/aromatic N) is 1. The van der Waals surface area contributed by atoms with E-state index in [1.807, 2.05) is 11.8 Å². The fourth-order valence-electron chi connectivity index (χ4n) is 2.83. The number of unbranched alkanes of at least 4 members (excludes halogenated alkanes) is 1. The number of hydrogen-bond acceptors (Lipinski definition) is 3. The van der Waals surface area contributed by atoms with Crippen molar-refractivity contribution in [3.63, 3.8) is 0 Å². The predicted octanol–water partition coefficient (Wildman–Crippen LogP) is 3.76. The van der Waals surface area contributed by atoms with Gasteiger partial charge in [-0.1, -0.05) is 25.5 Å². The van der Waals surface area contributed by atoms with Crippen LogP contribution in [0, 0.1) is 0 Å². The molecule has 1 atom stereocenters. The highest BCUT2D eigenvalue weighted by Gasteiger charge is 2.17. The molecule has 1 N–H and O–H groups in total. The molecule has 0 spiro atoms. The molecule has 20 heavy (non-hydrogen) atoms. The molecule has 1 aliphatic rings. The highest BCUT2D eigenvalue weighted by molar-refractivity contribution is 7.98. The van der Waals surface area contributed by atoms with Crippen molar-refractivity contribution >= 4 is 11.8 Å². The Bertz CT molecular complexity index is 371. The van der Waals surface area contributed by atoms with E-state index < -0.39 is 0 Å². The fourth-order valence-corrected chi connectivity index (χ4v) is 3.24. The van der Waals surface area contributed by atoms with Crippen LogP contribution in [0.3, 0.4) is 0 Å². The Morgan fingerprint density at radius 3 is 2.70 bits per heavy atom. The van der Waals surface area contributed by atoms with Crippen LogP contribution in [0.25, 0.3) is 0 Å². The van der Waals surface area contributed by atoms with Crippen molar-refractivity contribution in [2.24, 2.45) is 0 Å². The standard InChI is InChI=1S/C17H28N2S/c1-3-4-12-19(14-16-6-5-11-18-16)13-15-7-9-17(20-2)10-8-15/h7-10,16,18H,3-6,11-14H2,1-2H3. The number of rotatable bonds is 8. The lowest BCUT2D eigenvalue weighted by Crippen LogP contribution is -2.37. The molecule has 1 aromatic carbocycles. The van der Waals surface area contributed by atoms with Gasteiger partial charge in [-0.05, 0) is 56.3 Å². The van der Waals surface area contributed by atoms with Gasteiger partial charge in [-0.2, -0.15) is 0 Å². The minimum Gasteiger partial charge on any atom is -0.313 e. The van der Waals surface area contributed by atoms with Gasteiger partial charge in [0.15, 0.2) is 0 Å². The summed E-state index contributed by atoms with van der Waals surface area (Å²) in [7, 11) is 0. The minimum atomic E-state index is 0.706. The van der Waals surface area contributed by atoms with Crippen molar-refractivity contribution in [2.75, 3.05) is 25.9 Å². The first-order valence-electron chi connectivity index (χ1n) is 7.90. The van der Waals surface area contributed by atoms with Crippen molar-refractivity contribution in [2.45, 2.75) is 50.1 Å². The Hall–Kier alpha value is -0.510. The smallest absolute Gasteiger partial charge is 0.0234 e.